The first-order valence-corrected chi connectivity index (χ1v) is 7.09. The highest BCUT2D eigenvalue weighted by Crippen LogP contribution is 2.38. The second kappa shape index (κ2) is 5.76. The van der Waals surface area contributed by atoms with E-state index in [2.05, 4.69) is 0 Å². The smallest absolute Gasteiger partial charge is 0.178 e. The minimum Gasteiger partial charge on any atom is -0.497 e. The molecule has 118 valence electrons. The third-order valence-electron chi connectivity index (χ3n) is 4.02. The monoisotopic (exact) mass is 312 g/mol. The van der Waals surface area contributed by atoms with Gasteiger partial charge >= 0.3 is 0 Å². The molecule has 0 saturated carbocycles. The summed E-state index contributed by atoms with van der Waals surface area (Å²) in [6.07, 6.45) is 0. The number of carbonyl (C=O) groups excluding carboxylic acids is 2. The van der Waals surface area contributed by atoms with E-state index < -0.39 is 5.92 Å². The van der Waals surface area contributed by atoms with Crippen LogP contribution in [0.5, 0.6) is 17.2 Å². The quantitative estimate of drug-likeness (QED) is 0.812. The van der Waals surface area contributed by atoms with Crippen LogP contribution in [0.2, 0.25) is 0 Å². The Morgan fingerprint density at radius 3 is 2.09 bits per heavy atom. The van der Waals surface area contributed by atoms with Crippen molar-refractivity contribution in [3.05, 3.63) is 53.1 Å². The summed E-state index contributed by atoms with van der Waals surface area (Å²) >= 11 is 0. The highest BCUT2D eigenvalue weighted by molar-refractivity contribution is 6.29. The predicted octanol–water partition coefficient (Wildman–Crippen LogP) is 2.88. The van der Waals surface area contributed by atoms with Gasteiger partial charge in [-0.3, -0.25) is 9.59 Å². The second-order valence-electron chi connectivity index (χ2n) is 5.19. The Labute approximate surface area is 133 Å². The summed E-state index contributed by atoms with van der Waals surface area (Å²) in [5.74, 6) is 0.304. The fourth-order valence-corrected chi connectivity index (χ4v) is 2.83. The third-order valence-corrected chi connectivity index (χ3v) is 4.02. The van der Waals surface area contributed by atoms with Gasteiger partial charge < -0.3 is 14.2 Å². The lowest BCUT2D eigenvalue weighted by Crippen LogP contribution is -2.13. The van der Waals surface area contributed by atoms with Crippen LogP contribution in [-0.4, -0.2) is 32.9 Å². The molecule has 0 aromatic heterocycles. The van der Waals surface area contributed by atoms with Gasteiger partial charge in [-0.1, -0.05) is 6.07 Å². The van der Waals surface area contributed by atoms with Crippen LogP contribution in [0, 0.1) is 0 Å². The average Bonchev–Trinajstić information content (AvgIpc) is 2.84. The molecule has 1 aliphatic carbocycles. The Morgan fingerprint density at radius 1 is 0.739 bits per heavy atom. The van der Waals surface area contributed by atoms with Crippen molar-refractivity contribution in [3.8, 4) is 17.2 Å². The van der Waals surface area contributed by atoms with Crippen molar-refractivity contribution < 1.29 is 23.8 Å². The van der Waals surface area contributed by atoms with Crippen molar-refractivity contribution in [3.63, 3.8) is 0 Å². The highest BCUT2D eigenvalue weighted by Gasteiger charge is 2.40. The number of hydrogen-bond donors (Lipinski definition) is 0. The van der Waals surface area contributed by atoms with E-state index in [1.165, 1.54) is 21.3 Å². The fourth-order valence-electron chi connectivity index (χ4n) is 2.83. The molecular weight excluding hydrogens is 296 g/mol. The summed E-state index contributed by atoms with van der Waals surface area (Å²) in [7, 11) is 4.57. The Balaban J connectivity index is 2.05. The Kier molecular flexibility index (Phi) is 3.78. The lowest BCUT2D eigenvalue weighted by molar-refractivity contribution is 0.0890. The van der Waals surface area contributed by atoms with Gasteiger partial charge in [0.05, 0.1) is 21.3 Å². The summed E-state index contributed by atoms with van der Waals surface area (Å²) in [6, 6.07) is 10.00. The van der Waals surface area contributed by atoms with Gasteiger partial charge in [-0.05, 0) is 35.9 Å². The molecule has 0 fully saturated rings. The first-order valence-electron chi connectivity index (χ1n) is 7.09. The van der Waals surface area contributed by atoms with Gasteiger partial charge in [0.15, 0.2) is 23.1 Å². The van der Waals surface area contributed by atoms with Crippen molar-refractivity contribution in [2.24, 2.45) is 0 Å². The molecule has 0 N–H and O–H groups in total. The van der Waals surface area contributed by atoms with Gasteiger partial charge in [0.25, 0.3) is 0 Å². The van der Waals surface area contributed by atoms with E-state index in [0.717, 1.165) is 0 Å². The first kappa shape index (κ1) is 15.1. The first-order chi connectivity index (χ1) is 11.1. The number of ketones is 2. The number of rotatable bonds is 4. The van der Waals surface area contributed by atoms with Crippen molar-refractivity contribution >= 4 is 11.6 Å². The molecule has 2 aromatic rings. The minimum absolute atomic E-state index is 0.208. The minimum atomic E-state index is -0.850. The molecule has 1 aliphatic rings. The van der Waals surface area contributed by atoms with E-state index >= 15 is 0 Å². The molecule has 0 aliphatic heterocycles. The molecule has 2 aromatic carbocycles. The lowest BCUT2D eigenvalue weighted by Gasteiger charge is -2.12. The van der Waals surface area contributed by atoms with E-state index in [1.54, 1.807) is 36.4 Å². The molecule has 3 rings (SSSR count). The summed E-state index contributed by atoms with van der Waals surface area (Å²) in [5, 5.41) is 0. The molecule has 0 radical (unpaired) electrons. The van der Waals surface area contributed by atoms with Gasteiger partial charge in [0.2, 0.25) is 0 Å². The number of Topliss-reactive ketones (excluding diaryl/α,β-unsaturated/α-hetero) is 2. The van der Waals surface area contributed by atoms with E-state index in [4.69, 9.17) is 14.2 Å². The van der Waals surface area contributed by atoms with Crippen molar-refractivity contribution in [2.45, 2.75) is 5.92 Å². The van der Waals surface area contributed by atoms with Crippen LogP contribution >= 0.6 is 0 Å². The van der Waals surface area contributed by atoms with Gasteiger partial charge in [-0.2, -0.15) is 0 Å². The van der Waals surface area contributed by atoms with Crippen LogP contribution in [0.25, 0.3) is 0 Å². The molecule has 5 heteroatoms. The topological polar surface area (TPSA) is 61.8 Å². The van der Waals surface area contributed by atoms with Crippen molar-refractivity contribution in [1.82, 2.24) is 0 Å². The van der Waals surface area contributed by atoms with E-state index in [-0.39, 0.29) is 11.6 Å². The van der Waals surface area contributed by atoms with Gasteiger partial charge in [0, 0.05) is 11.1 Å². The summed E-state index contributed by atoms with van der Waals surface area (Å²) in [6.45, 7) is 0. The number of hydrogen-bond acceptors (Lipinski definition) is 5. The Morgan fingerprint density at radius 2 is 1.43 bits per heavy atom. The maximum Gasteiger partial charge on any atom is 0.178 e. The Hall–Kier alpha value is -2.82. The van der Waals surface area contributed by atoms with Crippen LogP contribution in [0.3, 0.4) is 0 Å². The van der Waals surface area contributed by atoms with Crippen molar-refractivity contribution in [2.75, 3.05) is 21.3 Å². The van der Waals surface area contributed by atoms with Crippen molar-refractivity contribution in [1.29, 1.82) is 0 Å². The van der Waals surface area contributed by atoms with Crippen LogP contribution in [-0.2, 0) is 0 Å². The Bertz CT molecular complexity index is 794. The summed E-state index contributed by atoms with van der Waals surface area (Å²) < 4.78 is 15.6. The van der Waals surface area contributed by atoms with Crippen LogP contribution in [0.4, 0.5) is 0 Å². The molecular formula is C18H16O5. The molecule has 0 saturated heterocycles. The van der Waals surface area contributed by atoms with E-state index in [1.807, 2.05) is 0 Å². The zero-order valence-electron chi connectivity index (χ0n) is 13.1. The van der Waals surface area contributed by atoms with Crippen LogP contribution < -0.4 is 14.2 Å². The zero-order valence-corrected chi connectivity index (χ0v) is 13.1. The summed E-state index contributed by atoms with van der Waals surface area (Å²) in [4.78, 5) is 25.3. The molecule has 0 amide bonds. The number of methoxy groups -OCH3 is 3. The fraction of sp³-hybridized carbons (Fsp3) is 0.222. The number of carbonyl (C=O) groups is 2. The van der Waals surface area contributed by atoms with Crippen LogP contribution in [0.1, 0.15) is 32.2 Å². The summed E-state index contributed by atoms with van der Waals surface area (Å²) in [5.41, 5.74) is 1.41. The molecule has 0 bridgehead atoms. The number of fused-ring (bicyclic) bond motifs is 1. The van der Waals surface area contributed by atoms with Gasteiger partial charge in [-0.25, -0.2) is 0 Å². The standard InChI is InChI=1S/C18H16O5/c1-21-11-5-6-12-13(9-11)18(20)16(17(12)19)10-4-7-14(22-2)15(8-10)23-3/h4-9,16H,1-3H3. The molecule has 0 spiro atoms. The molecule has 5 nitrogen and oxygen atoms in total. The average molecular weight is 312 g/mol. The van der Waals surface area contributed by atoms with Gasteiger partial charge in [0.1, 0.15) is 11.7 Å². The maximum atomic E-state index is 12.7. The third kappa shape index (κ3) is 2.34. The molecule has 0 heterocycles. The number of ether oxygens (including phenoxy) is 3. The lowest BCUT2D eigenvalue weighted by atomic mass is 9.94. The van der Waals surface area contributed by atoms with Gasteiger partial charge in [-0.15, -0.1) is 0 Å². The highest BCUT2D eigenvalue weighted by atomic mass is 16.5. The molecule has 1 atom stereocenters. The maximum absolute atomic E-state index is 12.7. The molecule has 1 unspecified atom stereocenters. The van der Waals surface area contributed by atoms with Crippen LogP contribution in [0.15, 0.2) is 36.4 Å². The zero-order chi connectivity index (χ0) is 16.6. The largest absolute Gasteiger partial charge is 0.497 e. The normalized spacial score (nSPS) is 16.2. The second-order valence-corrected chi connectivity index (χ2v) is 5.19. The molecule has 23 heavy (non-hydrogen) atoms. The van der Waals surface area contributed by atoms with E-state index in [0.29, 0.717) is 33.9 Å². The SMILES string of the molecule is COc1ccc2c(c1)C(=O)C(c1ccc(OC)c(OC)c1)C2=O. The predicted molar refractivity (Wildman–Crippen MR) is 83.9 cm³/mol. The number of benzene rings is 2. The van der Waals surface area contributed by atoms with E-state index in [9.17, 15) is 9.59 Å².